The summed E-state index contributed by atoms with van der Waals surface area (Å²) < 4.78 is 7.78. The van der Waals surface area contributed by atoms with Gasteiger partial charge in [0.05, 0.1) is 10.4 Å². The number of nitrogens with zero attached hydrogens (tertiary/aromatic N) is 2. The van der Waals surface area contributed by atoms with Gasteiger partial charge >= 0.3 is 0 Å². The molecule has 8 aromatic carbocycles. The third-order valence-corrected chi connectivity index (χ3v) is 13.7. The maximum Gasteiger partial charge on any atom is 0.0640 e. The van der Waals surface area contributed by atoms with E-state index in [-0.39, 0.29) is 0 Å². The topological polar surface area (TPSA) is 6.48 Å². The molecule has 0 amide bonds. The zero-order valence-electron chi connectivity index (χ0n) is 28.4. The molecule has 2 nitrogen and oxygen atoms in total. The van der Waals surface area contributed by atoms with Crippen LogP contribution in [-0.4, -0.2) is 0 Å². The van der Waals surface area contributed by atoms with Crippen molar-refractivity contribution >= 4 is 129 Å². The van der Waals surface area contributed by atoms with Crippen LogP contribution in [0.15, 0.2) is 182 Å². The fourth-order valence-corrected chi connectivity index (χ4v) is 11.3. The van der Waals surface area contributed by atoms with E-state index in [0.29, 0.717) is 0 Å². The van der Waals surface area contributed by atoms with Crippen LogP contribution in [-0.2, 0) is 0 Å². The van der Waals surface area contributed by atoms with Crippen molar-refractivity contribution in [1.82, 2.24) is 0 Å². The second kappa shape index (κ2) is 12.3. The van der Waals surface area contributed by atoms with E-state index >= 15 is 0 Å². The van der Waals surface area contributed by atoms with Crippen LogP contribution < -0.4 is 9.80 Å². The molecule has 0 spiro atoms. The highest BCUT2D eigenvalue weighted by Gasteiger charge is 2.21. The summed E-state index contributed by atoms with van der Waals surface area (Å²) in [4.78, 5) is 4.83. The molecule has 0 saturated carbocycles. The summed E-state index contributed by atoms with van der Waals surface area (Å²) in [6, 6.07) is 66.6. The molecule has 0 aliphatic carbocycles. The van der Waals surface area contributed by atoms with E-state index in [4.69, 9.17) is 0 Å². The first kappa shape index (κ1) is 30.6. The number of anilines is 6. The number of benzene rings is 8. The lowest BCUT2D eigenvalue weighted by molar-refractivity contribution is 1.30. The van der Waals surface area contributed by atoms with Crippen molar-refractivity contribution in [3.8, 4) is 0 Å². The SMILES string of the molecule is c1ccc(N(c2ccccc2)c2cccc3c2sc2cc(N(c4ccc5c(c4)sc4ccccc45)c4ccc5sc6ccccc6c5c4)ccc23)cc1. The predicted molar refractivity (Wildman–Crippen MR) is 234 cm³/mol. The van der Waals surface area contributed by atoms with Gasteiger partial charge in [-0.2, -0.15) is 0 Å². The molecule has 5 heteroatoms. The van der Waals surface area contributed by atoms with Crippen LogP contribution in [0.4, 0.5) is 34.1 Å². The highest BCUT2D eigenvalue weighted by atomic mass is 32.1. The summed E-state index contributed by atoms with van der Waals surface area (Å²) in [6.45, 7) is 0. The Morgan fingerprint density at radius 1 is 0.264 bits per heavy atom. The molecule has 0 unspecified atom stereocenters. The smallest absolute Gasteiger partial charge is 0.0640 e. The molecule has 0 aliphatic heterocycles. The molecule has 0 bridgehead atoms. The second-order valence-corrected chi connectivity index (χ2v) is 16.6. The molecule has 3 aromatic heterocycles. The average Bonchev–Trinajstić information content (AvgIpc) is 3.90. The Labute approximate surface area is 318 Å². The van der Waals surface area contributed by atoms with Gasteiger partial charge in [0.2, 0.25) is 0 Å². The predicted octanol–water partition coefficient (Wildman–Crippen LogP) is 15.7. The van der Waals surface area contributed by atoms with Crippen molar-refractivity contribution in [3.05, 3.63) is 182 Å². The van der Waals surface area contributed by atoms with Gasteiger partial charge in [-0.1, -0.05) is 97.1 Å². The molecule has 53 heavy (non-hydrogen) atoms. The fourth-order valence-electron chi connectivity index (χ4n) is 7.82. The minimum atomic E-state index is 1.14. The summed E-state index contributed by atoms with van der Waals surface area (Å²) in [7, 11) is 0. The Hall–Kier alpha value is -5.98. The number of thiophene rings is 3. The lowest BCUT2D eigenvalue weighted by atomic mass is 10.1. The highest BCUT2D eigenvalue weighted by molar-refractivity contribution is 7.27. The largest absolute Gasteiger partial charge is 0.310 e. The normalized spacial score (nSPS) is 11.8. The third kappa shape index (κ3) is 5.04. The quantitative estimate of drug-likeness (QED) is 0.168. The monoisotopic (exact) mass is 730 g/mol. The molecule has 0 aliphatic rings. The Kier molecular flexibility index (Phi) is 7.12. The maximum atomic E-state index is 2.45. The van der Waals surface area contributed by atoms with Gasteiger partial charge in [-0.25, -0.2) is 0 Å². The Morgan fingerprint density at radius 3 is 1.42 bits per heavy atom. The molecule has 0 saturated heterocycles. The molecule has 0 N–H and O–H groups in total. The third-order valence-electron chi connectivity index (χ3n) is 10.2. The molecule has 250 valence electrons. The van der Waals surface area contributed by atoms with E-state index in [0.717, 1.165) is 28.4 Å². The van der Waals surface area contributed by atoms with E-state index in [1.165, 1.54) is 66.2 Å². The van der Waals surface area contributed by atoms with Crippen LogP contribution >= 0.6 is 34.0 Å². The van der Waals surface area contributed by atoms with Crippen LogP contribution in [0.3, 0.4) is 0 Å². The fraction of sp³-hybridized carbons (Fsp3) is 0. The number of hydrogen-bond donors (Lipinski definition) is 0. The van der Waals surface area contributed by atoms with E-state index < -0.39 is 0 Å². The zero-order valence-corrected chi connectivity index (χ0v) is 30.9. The summed E-state index contributed by atoms with van der Waals surface area (Å²) >= 11 is 5.61. The zero-order chi connectivity index (χ0) is 34.9. The van der Waals surface area contributed by atoms with E-state index in [1.54, 1.807) is 0 Å². The average molecular weight is 731 g/mol. The first-order valence-electron chi connectivity index (χ1n) is 17.8. The molecular formula is C48H30N2S3. The summed E-state index contributed by atoms with van der Waals surface area (Å²) in [5.74, 6) is 0. The van der Waals surface area contributed by atoms with Gasteiger partial charge in [-0.3, -0.25) is 0 Å². The minimum absolute atomic E-state index is 1.14. The Balaban J connectivity index is 1.12. The summed E-state index contributed by atoms with van der Waals surface area (Å²) in [5.41, 5.74) is 6.93. The number of rotatable bonds is 6. The maximum absolute atomic E-state index is 2.45. The van der Waals surface area contributed by atoms with Crippen molar-refractivity contribution in [2.45, 2.75) is 0 Å². The van der Waals surface area contributed by atoms with Gasteiger partial charge in [0.1, 0.15) is 0 Å². The first-order chi connectivity index (χ1) is 26.3. The van der Waals surface area contributed by atoms with Gasteiger partial charge in [0, 0.05) is 84.3 Å². The van der Waals surface area contributed by atoms with Crippen molar-refractivity contribution in [1.29, 1.82) is 0 Å². The molecule has 11 rings (SSSR count). The highest BCUT2D eigenvalue weighted by Crippen LogP contribution is 2.48. The standard InChI is InChI=1S/C48H30N2S3/c1-3-12-31(13-4-1)50(32-14-5-2-6-15-32)42-19-11-18-40-39-26-23-35(30-47(39)53-48(40)42)49(33-24-27-45-41(28-33)37-17-8-10-21-44(37)51-45)34-22-25-38-36-16-7-9-20-43(36)52-46(38)29-34/h1-30H. The van der Waals surface area contributed by atoms with Crippen LogP contribution in [0, 0.1) is 0 Å². The number of fused-ring (bicyclic) bond motifs is 9. The van der Waals surface area contributed by atoms with E-state index in [1.807, 2.05) is 34.0 Å². The van der Waals surface area contributed by atoms with Crippen LogP contribution in [0.1, 0.15) is 0 Å². The van der Waals surface area contributed by atoms with Crippen molar-refractivity contribution in [2.24, 2.45) is 0 Å². The minimum Gasteiger partial charge on any atom is -0.310 e. The number of para-hydroxylation sites is 2. The Morgan fingerprint density at radius 2 is 0.736 bits per heavy atom. The summed E-state index contributed by atoms with van der Waals surface area (Å²) in [5, 5.41) is 7.78. The molecule has 0 atom stereocenters. The van der Waals surface area contributed by atoms with Gasteiger partial charge in [-0.05, 0) is 84.9 Å². The van der Waals surface area contributed by atoms with Crippen LogP contribution in [0.5, 0.6) is 0 Å². The van der Waals surface area contributed by atoms with E-state index in [9.17, 15) is 0 Å². The van der Waals surface area contributed by atoms with Crippen molar-refractivity contribution < 1.29 is 0 Å². The molecule has 0 fully saturated rings. The first-order valence-corrected chi connectivity index (χ1v) is 20.2. The summed E-state index contributed by atoms with van der Waals surface area (Å²) in [6.07, 6.45) is 0. The molecule has 0 radical (unpaired) electrons. The van der Waals surface area contributed by atoms with Crippen LogP contribution in [0.2, 0.25) is 0 Å². The van der Waals surface area contributed by atoms with Gasteiger partial charge in [-0.15, -0.1) is 34.0 Å². The lowest BCUT2D eigenvalue weighted by Gasteiger charge is -2.26. The van der Waals surface area contributed by atoms with Crippen LogP contribution in [0.25, 0.3) is 60.5 Å². The molecular weight excluding hydrogens is 701 g/mol. The number of hydrogen-bond acceptors (Lipinski definition) is 5. The molecule has 3 heterocycles. The van der Waals surface area contributed by atoms with E-state index in [2.05, 4.69) is 192 Å². The van der Waals surface area contributed by atoms with Gasteiger partial charge in [0.15, 0.2) is 0 Å². The van der Waals surface area contributed by atoms with Crippen molar-refractivity contribution in [2.75, 3.05) is 9.80 Å². The Bertz CT molecular complexity index is 3100. The molecule has 11 aromatic rings. The van der Waals surface area contributed by atoms with Gasteiger partial charge in [0.25, 0.3) is 0 Å². The second-order valence-electron chi connectivity index (χ2n) is 13.3. The van der Waals surface area contributed by atoms with Gasteiger partial charge < -0.3 is 9.80 Å². The lowest BCUT2D eigenvalue weighted by Crippen LogP contribution is -2.09. The van der Waals surface area contributed by atoms with Crippen molar-refractivity contribution in [3.63, 3.8) is 0 Å².